The normalized spacial score (nSPS) is 21.5. The molecule has 5 nitrogen and oxygen atoms in total. The fraction of sp³-hybridized carbons (Fsp3) is 0.600. The molecule has 1 saturated heterocycles. The predicted molar refractivity (Wildman–Crippen MR) is 52.8 cm³/mol. The van der Waals surface area contributed by atoms with Crippen molar-refractivity contribution in [3.8, 4) is 0 Å². The molecule has 2 rings (SSSR count). The minimum atomic E-state index is -0.472. The zero-order chi connectivity index (χ0) is 10.7. The highest BCUT2D eigenvalue weighted by molar-refractivity contribution is 5.98. The minimum absolute atomic E-state index is 0.0472. The highest BCUT2D eigenvalue weighted by Gasteiger charge is 2.26. The Labute approximate surface area is 88.0 Å². The monoisotopic (exact) mass is 210 g/mol. The Morgan fingerprint density at radius 1 is 1.67 bits per heavy atom. The Hall–Kier alpha value is -1.20. The first-order valence-corrected chi connectivity index (χ1v) is 5.08. The summed E-state index contributed by atoms with van der Waals surface area (Å²) < 4.78 is 12.2. The SMILES string of the molecule is CCn1nccc1C(=O)C1COCCO1. The molecule has 2 heterocycles. The van der Waals surface area contributed by atoms with Crippen LogP contribution in [-0.2, 0) is 16.0 Å². The van der Waals surface area contributed by atoms with Crippen molar-refractivity contribution in [3.05, 3.63) is 18.0 Å². The van der Waals surface area contributed by atoms with Gasteiger partial charge in [0.25, 0.3) is 0 Å². The van der Waals surface area contributed by atoms with Gasteiger partial charge < -0.3 is 9.47 Å². The Morgan fingerprint density at radius 2 is 2.53 bits per heavy atom. The van der Waals surface area contributed by atoms with Crippen molar-refractivity contribution in [2.24, 2.45) is 0 Å². The zero-order valence-corrected chi connectivity index (χ0v) is 8.68. The summed E-state index contributed by atoms with van der Waals surface area (Å²) in [5.41, 5.74) is 0.591. The number of Topliss-reactive ketones (excluding diaryl/α,β-unsaturated/α-hetero) is 1. The van der Waals surface area contributed by atoms with E-state index in [-0.39, 0.29) is 5.78 Å². The van der Waals surface area contributed by atoms with Gasteiger partial charge in [-0.2, -0.15) is 5.10 Å². The Balaban J connectivity index is 2.12. The van der Waals surface area contributed by atoms with Crippen molar-refractivity contribution in [1.82, 2.24) is 9.78 Å². The fourth-order valence-corrected chi connectivity index (χ4v) is 1.60. The Morgan fingerprint density at radius 3 is 3.20 bits per heavy atom. The second kappa shape index (κ2) is 4.55. The maximum Gasteiger partial charge on any atom is 0.211 e. The molecule has 1 fully saturated rings. The van der Waals surface area contributed by atoms with Crippen molar-refractivity contribution in [1.29, 1.82) is 0 Å². The molecular weight excluding hydrogens is 196 g/mol. The first-order valence-electron chi connectivity index (χ1n) is 5.08. The lowest BCUT2D eigenvalue weighted by Crippen LogP contribution is -2.36. The summed E-state index contributed by atoms with van der Waals surface area (Å²) in [6.07, 6.45) is 1.15. The van der Waals surface area contributed by atoms with Gasteiger partial charge in [0.05, 0.1) is 19.8 Å². The standard InChI is InChI=1S/C10H14N2O3/c1-2-12-8(3-4-11-12)10(13)9-7-14-5-6-15-9/h3-4,9H,2,5-7H2,1H3. The molecule has 1 aromatic rings. The molecule has 5 heteroatoms. The number of ether oxygens (including phenoxy) is 2. The maximum absolute atomic E-state index is 12.0. The van der Waals surface area contributed by atoms with Crippen LogP contribution in [-0.4, -0.2) is 41.5 Å². The molecular formula is C10H14N2O3. The summed E-state index contributed by atoms with van der Waals surface area (Å²) in [6.45, 7) is 4.02. The van der Waals surface area contributed by atoms with Gasteiger partial charge in [0.2, 0.25) is 5.78 Å². The van der Waals surface area contributed by atoms with E-state index in [0.717, 1.165) is 0 Å². The van der Waals surface area contributed by atoms with Gasteiger partial charge >= 0.3 is 0 Å². The number of aromatic nitrogens is 2. The van der Waals surface area contributed by atoms with Crippen LogP contribution in [0.1, 0.15) is 17.4 Å². The van der Waals surface area contributed by atoms with E-state index in [2.05, 4.69) is 5.10 Å². The van der Waals surface area contributed by atoms with Gasteiger partial charge in [-0.1, -0.05) is 0 Å². The number of rotatable bonds is 3. The lowest BCUT2D eigenvalue weighted by Gasteiger charge is -2.21. The van der Waals surface area contributed by atoms with E-state index in [9.17, 15) is 4.79 Å². The van der Waals surface area contributed by atoms with Crippen LogP contribution in [0.15, 0.2) is 12.3 Å². The van der Waals surface area contributed by atoms with Crippen molar-refractivity contribution in [3.63, 3.8) is 0 Å². The minimum Gasteiger partial charge on any atom is -0.376 e. The quantitative estimate of drug-likeness (QED) is 0.682. The number of carbonyl (C=O) groups excluding carboxylic acids is 1. The number of nitrogens with zero attached hydrogens (tertiary/aromatic N) is 2. The maximum atomic E-state index is 12.0. The first kappa shape index (κ1) is 10.3. The molecule has 0 N–H and O–H groups in total. The molecule has 1 aliphatic heterocycles. The number of aryl methyl sites for hydroxylation is 1. The molecule has 0 amide bonds. The van der Waals surface area contributed by atoms with Crippen molar-refractivity contribution < 1.29 is 14.3 Å². The molecule has 0 aromatic carbocycles. The van der Waals surface area contributed by atoms with E-state index in [1.54, 1.807) is 16.9 Å². The smallest absolute Gasteiger partial charge is 0.211 e. The van der Waals surface area contributed by atoms with E-state index in [0.29, 0.717) is 32.1 Å². The largest absolute Gasteiger partial charge is 0.376 e. The number of ketones is 1. The van der Waals surface area contributed by atoms with Crippen LogP contribution in [0.5, 0.6) is 0 Å². The van der Waals surface area contributed by atoms with Crippen LogP contribution in [0.3, 0.4) is 0 Å². The van der Waals surface area contributed by atoms with Gasteiger partial charge in [0.1, 0.15) is 11.8 Å². The van der Waals surface area contributed by atoms with E-state index in [1.807, 2.05) is 6.92 Å². The molecule has 1 aliphatic rings. The van der Waals surface area contributed by atoms with Crippen LogP contribution >= 0.6 is 0 Å². The zero-order valence-electron chi connectivity index (χ0n) is 8.68. The average Bonchev–Trinajstić information content (AvgIpc) is 2.77. The van der Waals surface area contributed by atoms with Crippen molar-refractivity contribution in [2.45, 2.75) is 19.6 Å². The second-order valence-electron chi connectivity index (χ2n) is 3.33. The molecule has 82 valence electrons. The molecule has 0 spiro atoms. The van der Waals surface area contributed by atoms with Gasteiger partial charge in [0.15, 0.2) is 0 Å². The molecule has 0 radical (unpaired) electrons. The molecule has 0 bridgehead atoms. The summed E-state index contributed by atoms with van der Waals surface area (Å²) in [5, 5.41) is 4.05. The van der Waals surface area contributed by atoms with E-state index in [1.165, 1.54) is 0 Å². The Kier molecular flexibility index (Phi) is 3.13. The highest BCUT2D eigenvalue weighted by Crippen LogP contribution is 2.09. The summed E-state index contributed by atoms with van der Waals surface area (Å²) in [7, 11) is 0. The van der Waals surface area contributed by atoms with Gasteiger partial charge in [-0.3, -0.25) is 9.48 Å². The number of carbonyl (C=O) groups is 1. The van der Waals surface area contributed by atoms with E-state index in [4.69, 9.17) is 9.47 Å². The lowest BCUT2D eigenvalue weighted by molar-refractivity contribution is -0.0722. The molecule has 0 saturated carbocycles. The van der Waals surface area contributed by atoms with Crippen molar-refractivity contribution >= 4 is 5.78 Å². The summed E-state index contributed by atoms with van der Waals surface area (Å²) >= 11 is 0. The summed E-state index contributed by atoms with van der Waals surface area (Å²) in [4.78, 5) is 12.0. The van der Waals surface area contributed by atoms with Gasteiger partial charge in [-0.15, -0.1) is 0 Å². The van der Waals surface area contributed by atoms with Crippen LogP contribution in [0.25, 0.3) is 0 Å². The lowest BCUT2D eigenvalue weighted by atomic mass is 10.1. The second-order valence-corrected chi connectivity index (χ2v) is 3.33. The van der Waals surface area contributed by atoms with Crippen LogP contribution in [0, 0.1) is 0 Å². The summed E-state index contributed by atoms with van der Waals surface area (Å²) in [5.74, 6) is -0.0472. The van der Waals surface area contributed by atoms with Crippen LogP contribution in [0.2, 0.25) is 0 Å². The van der Waals surface area contributed by atoms with Crippen LogP contribution in [0.4, 0.5) is 0 Å². The first-order chi connectivity index (χ1) is 7.33. The van der Waals surface area contributed by atoms with E-state index >= 15 is 0 Å². The van der Waals surface area contributed by atoms with Gasteiger partial charge in [-0.05, 0) is 13.0 Å². The van der Waals surface area contributed by atoms with Gasteiger partial charge in [-0.25, -0.2) is 0 Å². The topological polar surface area (TPSA) is 53.4 Å². The predicted octanol–water partition coefficient (Wildman–Crippen LogP) is 0.501. The number of hydrogen-bond donors (Lipinski definition) is 0. The average molecular weight is 210 g/mol. The van der Waals surface area contributed by atoms with Crippen molar-refractivity contribution in [2.75, 3.05) is 19.8 Å². The highest BCUT2D eigenvalue weighted by atomic mass is 16.6. The fourth-order valence-electron chi connectivity index (χ4n) is 1.60. The van der Waals surface area contributed by atoms with Gasteiger partial charge in [0, 0.05) is 12.7 Å². The molecule has 1 atom stereocenters. The summed E-state index contributed by atoms with van der Waals surface area (Å²) in [6, 6.07) is 1.71. The number of hydrogen-bond acceptors (Lipinski definition) is 4. The van der Waals surface area contributed by atoms with Crippen LogP contribution < -0.4 is 0 Å². The third-order valence-electron chi connectivity index (χ3n) is 2.38. The Bertz CT molecular complexity index is 342. The third kappa shape index (κ3) is 2.08. The third-order valence-corrected chi connectivity index (χ3v) is 2.38. The molecule has 1 aromatic heterocycles. The molecule has 1 unspecified atom stereocenters. The molecule has 0 aliphatic carbocycles. The van der Waals surface area contributed by atoms with E-state index < -0.39 is 6.10 Å². The molecule has 15 heavy (non-hydrogen) atoms.